The summed E-state index contributed by atoms with van der Waals surface area (Å²) in [6.45, 7) is 5.22. The second-order valence-corrected chi connectivity index (χ2v) is 5.60. The van der Waals surface area contributed by atoms with Gasteiger partial charge in [0, 0.05) is 43.2 Å². The molecule has 0 N–H and O–H groups in total. The van der Waals surface area contributed by atoms with Crippen LogP contribution in [0.2, 0.25) is 0 Å². The van der Waals surface area contributed by atoms with Crippen molar-refractivity contribution >= 4 is 0 Å². The van der Waals surface area contributed by atoms with Gasteiger partial charge in [0.25, 0.3) is 0 Å². The van der Waals surface area contributed by atoms with E-state index in [1.54, 1.807) is 0 Å². The van der Waals surface area contributed by atoms with Gasteiger partial charge < -0.3 is 0 Å². The lowest BCUT2D eigenvalue weighted by atomic mass is 9.93. The van der Waals surface area contributed by atoms with Crippen LogP contribution in [0.1, 0.15) is 35.8 Å². The fourth-order valence-corrected chi connectivity index (χ4v) is 2.90. The predicted octanol–water partition coefficient (Wildman–Crippen LogP) is 1.90. The number of aromatic nitrogens is 4. The molecule has 0 radical (unpaired) electrons. The van der Waals surface area contributed by atoms with Crippen molar-refractivity contribution in [2.75, 3.05) is 13.1 Å². The van der Waals surface area contributed by atoms with E-state index >= 15 is 0 Å². The van der Waals surface area contributed by atoms with E-state index in [9.17, 15) is 0 Å². The van der Waals surface area contributed by atoms with Crippen molar-refractivity contribution < 1.29 is 0 Å². The van der Waals surface area contributed by atoms with Crippen LogP contribution in [0, 0.1) is 6.92 Å². The Bertz CT molecular complexity index is 569. The largest absolute Gasteiger partial charge is 0.299 e. The molecule has 2 aromatic heterocycles. The van der Waals surface area contributed by atoms with Gasteiger partial charge in [0.2, 0.25) is 0 Å². The van der Waals surface area contributed by atoms with Gasteiger partial charge >= 0.3 is 0 Å². The van der Waals surface area contributed by atoms with Crippen molar-refractivity contribution in [1.29, 1.82) is 0 Å². The van der Waals surface area contributed by atoms with E-state index < -0.39 is 0 Å². The van der Waals surface area contributed by atoms with Gasteiger partial charge in [0.1, 0.15) is 5.82 Å². The van der Waals surface area contributed by atoms with Crippen LogP contribution < -0.4 is 0 Å². The lowest BCUT2D eigenvalue weighted by molar-refractivity contribution is 0.203. The standard InChI is InChI=1S/C15H21N5/c1-12-16-6-3-15(18-12)14-4-7-20(8-5-14)11-13-9-17-19(2)10-13/h3,6,9-10,14H,4-5,7-8,11H2,1-2H3. The summed E-state index contributed by atoms with van der Waals surface area (Å²) in [5.74, 6) is 1.46. The molecule has 0 unspecified atom stereocenters. The number of hydrogen-bond donors (Lipinski definition) is 0. The summed E-state index contributed by atoms with van der Waals surface area (Å²) in [6.07, 6.45) is 8.28. The zero-order valence-corrected chi connectivity index (χ0v) is 12.2. The highest BCUT2D eigenvalue weighted by Crippen LogP contribution is 2.27. The van der Waals surface area contributed by atoms with E-state index in [4.69, 9.17) is 0 Å². The summed E-state index contributed by atoms with van der Waals surface area (Å²) in [6, 6.07) is 2.06. The molecule has 0 atom stereocenters. The molecule has 5 heteroatoms. The van der Waals surface area contributed by atoms with Crippen molar-refractivity contribution in [2.45, 2.75) is 32.2 Å². The molecule has 2 aromatic rings. The first-order valence-electron chi connectivity index (χ1n) is 7.20. The molecule has 106 valence electrons. The maximum Gasteiger partial charge on any atom is 0.125 e. The maximum atomic E-state index is 4.57. The normalized spacial score (nSPS) is 17.5. The summed E-state index contributed by atoms with van der Waals surface area (Å²) < 4.78 is 1.87. The van der Waals surface area contributed by atoms with Gasteiger partial charge in [0.15, 0.2) is 0 Å². The number of nitrogens with zero attached hydrogens (tertiary/aromatic N) is 5. The van der Waals surface area contributed by atoms with Crippen molar-refractivity contribution in [2.24, 2.45) is 7.05 Å². The molecule has 1 fully saturated rings. The first-order valence-corrected chi connectivity index (χ1v) is 7.20. The molecule has 1 saturated heterocycles. The number of rotatable bonds is 3. The molecule has 20 heavy (non-hydrogen) atoms. The van der Waals surface area contributed by atoms with Gasteiger partial charge in [-0.1, -0.05) is 0 Å². The Kier molecular flexibility index (Phi) is 3.78. The monoisotopic (exact) mass is 271 g/mol. The molecular weight excluding hydrogens is 250 g/mol. The van der Waals surface area contributed by atoms with E-state index in [1.165, 1.54) is 24.1 Å². The molecule has 3 heterocycles. The van der Waals surface area contributed by atoms with Gasteiger partial charge in [-0.2, -0.15) is 5.10 Å². The maximum absolute atomic E-state index is 4.57. The number of aryl methyl sites for hydroxylation is 2. The molecule has 0 bridgehead atoms. The summed E-state index contributed by atoms with van der Waals surface area (Å²) in [4.78, 5) is 11.2. The van der Waals surface area contributed by atoms with Crippen molar-refractivity contribution in [1.82, 2.24) is 24.6 Å². The van der Waals surface area contributed by atoms with Crippen molar-refractivity contribution in [3.05, 3.63) is 41.7 Å². The Balaban J connectivity index is 1.57. The van der Waals surface area contributed by atoms with Gasteiger partial charge in [-0.3, -0.25) is 9.58 Å². The van der Waals surface area contributed by atoms with E-state index in [1.807, 2.05) is 31.0 Å². The van der Waals surface area contributed by atoms with Crippen LogP contribution in [0.15, 0.2) is 24.7 Å². The molecule has 0 spiro atoms. The van der Waals surface area contributed by atoms with Crippen LogP contribution in [0.25, 0.3) is 0 Å². The first-order chi connectivity index (χ1) is 9.70. The molecule has 1 aliphatic rings. The Morgan fingerprint density at radius 2 is 2.10 bits per heavy atom. The van der Waals surface area contributed by atoms with E-state index in [0.717, 1.165) is 25.5 Å². The minimum absolute atomic E-state index is 0.585. The third-order valence-electron chi connectivity index (χ3n) is 3.97. The van der Waals surface area contributed by atoms with Crippen LogP contribution >= 0.6 is 0 Å². The average Bonchev–Trinajstić information content (AvgIpc) is 2.85. The topological polar surface area (TPSA) is 46.8 Å². The SMILES string of the molecule is Cc1nccc(C2CCN(Cc3cnn(C)c3)CC2)n1. The van der Waals surface area contributed by atoms with Crippen LogP contribution in [0.3, 0.4) is 0 Å². The fourth-order valence-electron chi connectivity index (χ4n) is 2.90. The van der Waals surface area contributed by atoms with E-state index in [-0.39, 0.29) is 0 Å². The van der Waals surface area contributed by atoms with Crippen LogP contribution in [0.4, 0.5) is 0 Å². The van der Waals surface area contributed by atoms with Crippen LogP contribution in [-0.4, -0.2) is 37.7 Å². The Morgan fingerprint density at radius 1 is 1.30 bits per heavy atom. The second kappa shape index (κ2) is 5.71. The third-order valence-corrected chi connectivity index (χ3v) is 3.97. The van der Waals surface area contributed by atoms with Crippen LogP contribution in [-0.2, 0) is 13.6 Å². The van der Waals surface area contributed by atoms with Gasteiger partial charge in [-0.05, 0) is 38.9 Å². The molecule has 0 aliphatic carbocycles. The van der Waals surface area contributed by atoms with Crippen LogP contribution in [0.5, 0.6) is 0 Å². The highest BCUT2D eigenvalue weighted by Gasteiger charge is 2.21. The van der Waals surface area contributed by atoms with Gasteiger partial charge in [-0.15, -0.1) is 0 Å². The molecule has 0 amide bonds. The average molecular weight is 271 g/mol. The molecule has 0 aromatic carbocycles. The highest BCUT2D eigenvalue weighted by atomic mass is 15.2. The van der Waals surface area contributed by atoms with Gasteiger partial charge in [0.05, 0.1) is 6.20 Å². The Hall–Kier alpha value is -1.75. The highest BCUT2D eigenvalue weighted by molar-refractivity contribution is 5.10. The molecule has 0 saturated carbocycles. The lowest BCUT2D eigenvalue weighted by Gasteiger charge is -2.31. The summed E-state index contributed by atoms with van der Waals surface area (Å²) in [7, 11) is 1.97. The zero-order valence-electron chi connectivity index (χ0n) is 12.2. The van der Waals surface area contributed by atoms with Crippen molar-refractivity contribution in [3.8, 4) is 0 Å². The fraction of sp³-hybridized carbons (Fsp3) is 0.533. The minimum Gasteiger partial charge on any atom is -0.299 e. The van der Waals surface area contributed by atoms with E-state index in [2.05, 4.69) is 32.2 Å². The Morgan fingerprint density at radius 3 is 2.75 bits per heavy atom. The Labute approximate surface area is 119 Å². The smallest absolute Gasteiger partial charge is 0.125 e. The number of likely N-dealkylation sites (tertiary alicyclic amines) is 1. The second-order valence-electron chi connectivity index (χ2n) is 5.60. The third kappa shape index (κ3) is 3.04. The quantitative estimate of drug-likeness (QED) is 0.855. The number of hydrogen-bond acceptors (Lipinski definition) is 4. The summed E-state index contributed by atoms with van der Waals surface area (Å²) in [5, 5.41) is 4.23. The first kappa shape index (κ1) is 13.2. The molecular formula is C15H21N5. The van der Waals surface area contributed by atoms with Crippen molar-refractivity contribution in [3.63, 3.8) is 0 Å². The summed E-state index contributed by atoms with van der Waals surface area (Å²) in [5.41, 5.74) is 2.50. The van der Waals surface area contributed by atoms with E-state index in [0.29, 0.717) is 5.92 Å². The molecule has 5 nitrogen and oxygen atoms in total. The zero-order chi connectivity index (χ0) is 13.9. The predicted molar refractivity (Wildman–Crippen MR) is 77.2 cm³/mol. The number of piperidine rings is 1. The molecule has 1 aliphatic heterocycles. The molecule has 3 rings (SSSR count). The van der Waals surface area contributed by atoms with Gasteiger partial charge in [-0.25, -0.2) is 9.97 Å². The lowest BCUT2D eigenvalue weighted by Crippen LogP contribution is -2.32. The minimum atomic E-state index is 0.585. The summed E-state index contributed by atoms with van der Waals surface area (Å²) >= 11 is 0.